The molecule has 5 nitrogen and oxygen atoms in total. The highest BCUT2D eigenvalue weighted by Gasteiger charge is 2.26. The highest BCUT2D eigenvalue weighted by atomic mass is 16.4. The van der Waals surface area contributed by atoms with E-state index in [0.29, 0.717) is 12.5 Å². The van der Waals surface area contributed by atoms with Crippen LogP contribution in [0.15, 0.2) is 12.2 Å². The Balaban J connectivity index is 1.72. The van der Waals surface area contributed by atoms with Gasteiger partial charge in [0.25, 0.3) is 0 Å². The molecule has 0 aromatic heterocycles. The van der Waals surface area contributed by atoms with Crippen molar-refractivity contribution in [1.82, 2.24) is 10.6 Å². The van der Waals surface area contributed by atoms with Crippen LogP contribution in [-0.2, 0) is 4.79 Å². The van der Waals surface area contributed by atoms with Gasteiger partial charge in [-0.15, -0.1) is 0 Å². The summed E-state index contributed by atoms with van der Waals surface area (Å²) in [5, 5.41) is 14.4. The van der Waals surface area contributed by atoms with Gasteiger partial charge in [0.1, 0.15) is 0 Å². The Morgan fingerprint density at radius 1 is 1.19 bits per heavy atom. The minimum Gasteiger partial charge on any atom is -0.481 e. The topological polar surface area (TPSA) is 78.4 Å². The van der Waals surface area contributed by atoms with Gasteiger partial charge in [0.2, 0.25) is 0 Å². The monoisotopic (exact) mass is 224 g/mol. The number of nitrogens with one attached hydrogen (secondary N) is 2. The molecule has 2 rings (SSSR count). The quantitative estimate of drug-likeness (QED) is 0.622. The van der Waals surface area contributed by atoms with E-state index in [1.807, 2.05) is 0 Å². The molecule has 2 atom stereocenters. The van der Waals surface area contributed by atoms with E-state index in [9.17, 15) is 9.59 Å². The molecule has 2 aliphatic carbocycles. The van der Waals surface area contributed by atoms with E-state index in [1.165, 1.54) is 6.42 Å². The van der Waals surface area contributed by atoms with Crippen molar-refractivity contribution in [3.8, 4) is 0 Å². The van der Waals surface area contributed by atoms with Crippen molar-refractivity contribution in [2.24, 2.45) is 5.92 Å². The molecule has 1 fully saturated rings. The predicted molar refractivity (Wildman–Crippen MR) is 58.0 cm³/mol. The van der Waals surface area contributed by atoms with Gasteiger partial charge in [-0.2, -0.15) is 0 Å². The maximum absolute atomic E-state index is 11.5. The molecule has 88 valence electrons. The van der Waals surface area contributed by atoms with Gasteiger partial charge in [0.15, 0.2) is 0 Å². The highest BCUT2D eigenvalue weighted by Crippen LogP contribution is 2.19. The van der Waals surface area contributed by atoms with Crippen molar-refractivity contribution in [2.75, 3.05) is 0 Å². The molecule has 0 bridgehead atoms. The molecule has 3 N–H and O–H groups in total. The molecule has 0 spiro atoms. The third-order valence-electron chi connectivity index (χ3n) is 3.16. The Morgan fingerprint density at radius 2 is 1.94 bits per heavy atom. The molecule has 0 radical (unpaired) electrons. The lowest BCUT2D eigenvalue weighted by Crippen LogP contribution is -2.47. The number of hydrogen-bond acceptors (Lipinski definition) is 2. The van der Waals surface area contributed by atoms with E-state index in [1.54, 1.807) is 12.2 Å². The lowest BCUT2D eigenvalue weighted by atomic mass is 9.93. The van der Waals surface area contributed by atoms with Gasteiger partial charge < -0.3 is 15.7 Å². The molecule has 2 unspecified atom stereocenters. The molecule has 0 heterocycles. The number of amides is 2. The van der Waals surface area contributed by atoms with E-state index in [-0.39, 0.29) is 12.1 Å². The van der Waals surface area contributed by atoms with Crippen molar-refractivity contribution >= 4 is 12.0 Å². The molecule has 16 heavy (non-hydrogen) atoms. The van der Waals surface area contributed by atoms with E-state index in [4.69, 9.17) is 5.11 Å². The zero-order valence-electron chi connectivity index (χ0n) is 8.98. The molecule has 0 saturated heterocycles. The van der Waals surface area contributed by atoms with Crippen molar-refractivity contribution < 1.29 is 14.7 Å². The molecular weight excluding hydrogens is 208 g/mol. The standard InChI is InChI=1S/C11H16N2O3/c14-10(15)7-4-5-9(6-7)13-11(16)12-8-2-1-3-8/h4-5,7-9H,1-3,6H2,(H,14,15)(H2,12,13,16). The second-order valence-corrected chi connectivity index (χ2v) is 4.42. The number of hydrogen-bond donors (Lipinski definition) is 3. The maximum atomic E-state index is 11.5. The number of urea groups is 1. The minimum absolute atomic E-state index is 0.152. The second-order valence-electron chi connectivity index (χ2n) is 4.42. The Bertz CT molecular complexity index is 323. The molecular formula is C11H16N2O3. The smallest absolute Gasteiger partial charge is 0.315 e. The summed E-state index contributed by atoms with van der Waals surface area (Å²) in [5.41, 5.74) is 0. The van der Waals surface area contributed by atoms with Crippen LogP contribution < -0.4 is 10.6 Å². The van der Waals surface area contributed by atoms with Gasteiger partial charge in [-0.05, 0) is 25.7 Å². The van der Waals surface area contributed by atoms with Gasteiger partial charge in [-0.3, -0.25) is 4.79 Å². The summed E-state index contributed by atoms with van der Waals surface area (Å²) < 4.78 is 0. The maximum Gasteiger partial charge on any atom is 0.315 e. The van der Waals surface area contributed by atoms with Gasteiger partial charge in [-0.1, -0.05) is 12.2 Å². The van der Waals surface area contributed by atoms with Crippen LogP contribution in [0.2, 0.25) is 0 Å². The normalized spacial score (nSPS) is 28.5. The Labute approximate surface area is 93.9 Å². The lowest BCUT2D eigenvalue weighted by Gasteiger charge is -2.27. The molecule has 0 aromatic carbocycles. The third kappa shape index (κ3) is 2.53. The van der Waals surface area contributed by atoms with E-state index in [0.717, 1.165) is 12.8 Å². The van der Waals surface area contributed by atoms with Gasteiger partial charge in [0.05, 0.1) is 12.0 Å². The van der Waals surface area contributed by atoms with Gasteiger partial charge >= 0.3 is 12.0 Å². The summed E-state index contributed by atoms with van der Waals surface area (Å²) >= 11 is 0. The summed E-state index contributed by atoms with van der Waals surface area (Å²) in [6, 6.07) is -0.0350. The fourth-order valence-electron chi connectivity index (χ4n) is 1.94. The van der Waals surface area contributed by atoms with Crippen LogP contribution in [0, 0.1) is 5.92 Å². The van der Waals surface area contributed by atoms with Crippen LogP contribution in [0.5, 0.6) is 0 Å². The van der Waals surface area contributed by atoms with Crippen molar-refractivity contribution in [3.05, 3.63) is 12.2 Å². The number of rotatable bonds is 3. The summed E-state index contributed by atoms with van der Waals surface area (Å²) in [5.74, 6) is -1.30. The van der Waals surface area contributed by atoms with Crippen LogP contribution in [0.4, 0.5) is 4.79 Å². The van der Waals surface area contributed by atoms with Crippen molar-refractivity contribution in [3.63, 3.8) is 0 Å². The number of aliphatic carboxylic acids is 1. The third-order valence-corrected chi connectivity index (χ3v) is 3.16. The minimum atomic E-state index is -0.833. The first kappa shape index (κ1) is 11.0. The van der Waals surface area contributed by atoms with E-state index >= 15 is 0 Å². The first-order valence-electron chi connectivity index (χ1n) is 5.63. The summed E-state index contributed by atoms with van der Waals surface area (Å²) in [7, 11) is 0. The second kappa shape index (κ2) is 4.55. The summed E-state index contributed by atoms with van der Waals surface area (Å²) in [4.78, 5) is 22.2. The average molecular weight is 224 g/mol. The number of carboxylic acid groups (broad SMARTS) is 1. The summed E-state index contributed by atoms with van der Waals surface area (Å²) in [6.07, 6.45) is 7.11. The average Bonchev–Trinajstić information content (AvgIpc) is 2.60. The number of carbonyl (C=O) groups excluding carboxylic acids is 1. The largest absolute Gasteiger partial charge is 0.481 e. The Hall–Kier alpha value is -1.52. The molecule has 5 heteroatoms. The van der Waals surface area contributed by atoms with Crippen LogP contribution in [0.1, 0.15) is 25.7 Å². The molecule has 0 aromatic rings. The van der Waals surface area contributed by atoms with Crippen molar-refractivity contribution in [1.29, 1.82) is 0 Å². The zero-order valence-corrected chi connectivity index (χ0v) is 8.98. The Kier molecular flexibility index (Phi) is 3.12. The molecule has 2 aliphatic rings. The predicted octanol–water partition coefficient (Wildman–Crippen LogP) is 0.867. The van der Waals surface area contributed by atoms with Gasteiger partial charge in [0, 0.05) is 6.04 Å². The van der Waals surface area contributed by atoms with Gasteiger partial charge in [-0.25, -0.2) is 4.79 Å². The molecule has 1 saturated carbocycles. The van der Waals surface area contributed by atoms with Crippen LogP contribution in [0.25, 0.3) is 0 Å². The highest BCUT2D eigenvalue weighted by molar-refractivity contribution is 5.76. The Morgan fingerprint density at radius 3 is 2.44 bits per heavy atom. The van der Waals surface area contributed by atoms with Crippen LogP contribution in [-0.4, -0.2) is 29.2 Å². The first-order chi connectivity index (χ1) is 7.65. The molecule has 0 aliphatic heterocycles. The van der Waals surface area contributed by atoms with Crippen LogP contribution in [0.3, 0.4) is 0 Å². The van der Waals surface area contributed by atoms with Crippen molar-refractivity contribution in [2.45, 2.75) is 37.8 Å². The SMILES string of the molecule is O=C(NC1C=CC(C(=O)O)C1)NC1CCC1. The first-order valence-corrected chi connectivity index (χ1v) is 5.63. The lowest BCUT2D eigenvalue weighted by molar-refractivity contribution is -0.140. The number of carboxylic acids is 1. The van der Waals surface area contributed by atoms with E-state index in [2.05, 4.69) is 10.6 Å². The summed E-state index contributed by atoms with van der Waals surface area (Å²) in [6.45, 7) is 0. The fraction of sp³-hybridized carbons (Fsp3) is 0.636. The van der Waals surface area contributed by atoms with Crippen LogP contribution >= 0.6 is 0 Å². The molecule has 2 amide bonds. The van der Waals surface area contributed by atoms with E-state index < -0.39 is 11.9 Å². The fourth-order valence-corrected chi connectivity index (χ4v) is 1.94. The zero-order chi connectivity index (χ0) is 11.5. The number of carbonyl (C=O) groups is 2.